The van der Waals surface area contributed by atoms with Gasteiger partial charge < -0.3 is 10.0 Å². The van der Waals surface area contributed by atoms with E-state index in [9.17, 15) is 5.11 Å². The average molecular weight is 327 g/mol. The number of aromatic nitrogens is 6. The van der Waals surface area contributed by atoms with Gasteiger partial charge in [0, 0.05) is 31.4 Å². The van der Waals surface area contributed by atoms with Crippen LogP contribution in [0.25, 0.3) is 5.52 Å². The predicted molar refractivity (Wildman–Crippen MR) is 88.9 cm³/mol. The lowest BCUT2D eigenvalue weighted by atomic mass is 10.00. The van der Waals surface area contributed by atoms with E-state index in [0.717, 1.165) is 17.0 Å². The van der Waals surface area contributed by atoms with Crippen molar-refractivity contribution >= 4 is 11.3 Å². The maximum Gasteiger partial charge on any atom is 0.154 e. The Labute approximate surface area is 139 Å². The molecule has 24 heavy (non-hydrogen) atoms. The molecule has 1 N–H and O–H groups in total. The van der Waals surface area contributed by atoms with Crippen LogP contribution in [0.2, 0.25) is 0 Å². The Morgan fingerprint density at radius 2 is 2.17 bits per heavy atom. The second kappa shape index (κ2) is 5.27. The van der Waals surface area contributed by atoms with E-state index in [-0.39, 0.29) is 6.04 Å². The Hall–Kier alpha value is -2.48. The molecule has 8 heteroatoms. The van der Waals surface area contributed by atoms with Gasteiger partial charge in [-0.1, -0.05) is 5.21 Å². The van der Waals surface area contributed by atoms with Crippen LogP contribution in [0.5, 0.6) is 0 Å². The summed E-state index contributed by atoms with van der Waals surface area (Å²) in [4.78, 5) is 6.60. The molecule has 4 heterocycles. The Bertz CT molecular complexity index is 884. The maximum atomic E-state index is 11.1. The highest BCUT2D eigenvalue weighted by atomic mass is 16.3. The minimum atomic E-state index is -1.00. The number of nitrogens with zero attached hydrogens (tertiary/aromatic N) is 7. The third-order valence-corrected chi connectivity index (χ3v) is 4.56. The lowest BCUT2D eigenvalue weighted by Crippen LogP contribution is -2.31. The van der Waals surface area contributed by atoms with Crippen molar-refractivity contribution in [3.05, 3.63) is 36.0 Å². The summed E-state index contributed by atoms with van der Waals surface area (Å²) in [6.45, 7) is 7.19. The molecule has 0 radical (unpaired) electrons. The molecular weight excluding hydrogens is 306 g/mol. The van der Waals surface area contributed by atoms with Crippen LogP contribution in [0.3, 0.4) is 0 Å². The van der Waals surface area contributed by atoms with Crippen molar-refractivity contribution < 1.29 is 5.11 Å². The largest absolute Gasteiger partial charge is 0.381 e. The smallest absolute Gasteiger partial charge is 0.154 e. The first-order valence-electron chi connectivity index (χ1n) is 8.17. The van der Waals surface area contributed by atoms with E-state index in [1.54, 1.807) is 10.9 Å². The number of hydrogen-bond acceptors (Lipinski definition) is 6. The molecule has 0 amide bonds. The van der Waals surface area contributed by atoms with Crippen LogP contribution in [-0.4, -0.2) is 47.8 Å². The van der Waals surface area contributed by atoms with Crippen molar-refractivity contribution in [2.24, 2.45) is 0 Å². The lowest BCUT2D eigenvalue weighted by molar-refractivity contribution is 0.0559. The number of anilines is 1. The summed E-state index contributed by atoms with van der Waals surface area (Å²) < 4.78 is 3.60. The monoisotopic (exact) mass is 327 g/mol. The minimum Gasteiger partial charge on any atom is -0.381 e. The number of aliphatic hydroxyl groups is 1. The summed E-state index contributed by atoms with van der Waals surface area (Å²) in [5, 5.41) is 23.8. The van der Waals surface area contributed by atoms with Crippen LogP contribution in [0.1, 0.15) is 37.7 Å². The molecule has 8 nitrogen and oxygen atoms in total. The Morgan fingerprint density at radius 1 is 1.33 bits per heavy atom. The lowest BCUT2D eigenvalue weighted by Gasteiger charge is -2.22. The standard InChI is InChI=1S/C16H21N7O/c1-11(2)23-9-14(18-20-23)16(24)4-6-21(10-16)15-13-8-12(3)19-22(13)7-5-17-15/h5,7-9,11,24H,4,6,10H2,1-3H3/t16-/m0/s1. The van der Waals surface area contributed by atoms with Gasteiger partial charge in [-0.25, -0.2) is 14.2 Å². The molecule has 4 rings (SSSR count). The fourth-order valence-electron chi connectivity index (χ4n) is 3.20. The van der Waals surface area contributed by atoms with E-state index >= 15 is 0 Å². The van der Waals surface area contributed by atoms with Gasteiger partial charge in [-0.3, -0.25) is 0 Å². The van der Waals surface area contributed by atoms with Crippen LogP contribution < -0.4 is 4.90 Å². The summed E-state index contributed by atoms with van der Waals surface area (Å²) in [5.74, 6) is 0.838. The molecule has 0 aromatic carbocycles. The van der Waals surface area contributed by atoms with Crippen molar-refractivity contribution in [3.63, 3.8) is 0 Å². The zero-order valence-electron chi connectivity index (χ0n) is 14.1. The van der Waals surface area contributed by atoms with Crippen LogP contribution in [0, 0.1) is 6.92 Å². The van der Waals surface area contributed by atoms with Gasteiger partial charge >= 0.3 is 0 Å². The molecule has 0 unspecified atom stereocenters. The maximum absolute atomic E-state index is 11.1. The molecule has 0 saturated carbocycles. The number of β-amino-alcohol motifs (C(OH)–C–C–N with tert-alkyl or cyclic N) is 1. The third-order valence-electron chi connectivity index (χ3n) is 4.56. The average Bonchev–Trinajstić information content (AvgIpc) is 3.23. The van der Waals surface area contributed by atoms with Crippen LogP contribution in [0.15, 0.2) is 24.7 Å². The van der Waals surface area contributed by atoms with Gasteiger partial charge in [0.1, 0.15) is 16.8 Å². The highest BCUT2D eigenvalue weighted by Gasteiger charge is 2.41. The summed E-state index contributed by atoms with van der Waals surface area (Å²) in [6.07, 6.45) is 6.01. The first-order chi connectivity index (χ1) is 11.5. The molecule has 0 spiro atoms. The molecule has 1 saturated heterocycles. The normalized spacial score (nSPS) is 21.3. The van der Waals surface area contributed by atoms with E-state index in [2.05, 4.69) is 25.3 Å². The quantitative estimate of drug-likeness (QED) is 0.781. The zero-order valence-corrected chi connectivity index (χ0v) is 14.1. The Kier molecular flexibility index (Phi) is 3.31. The summed E-state index contributed by atoms with van der Waals surface area (Å²) >= 11 is 0. The van der Waals surface area contributed by atoms with Crippen molar-refractivity contribution in [2.45, 2.75) is 38.8 Å². The molecule has 1 fully saturated rings. The summed E-state index contributed by atoms with van der Waals surface area (Å²) in [6, 6.07) is 2.23. The number of hydrogen-bond donors (Lipinski definition) is 1. The molecule has 1 aliphatic rings. The molecule has 0 aliphatic carbocycles. The summed E-state index contributed by atoms with van der Waals surface area (Å²) in [5.41, 5.74) is 1.51. The first kappa shape index (κ1) is 15.1. The Morgan fingerprint density at radius 3 is 2.92 bits per heavy atom. The molecular formula is C16H21N7O. The van der Waals surface area contributed by atoms with Gasteiger partial charge in [0.25, 0.3) is 0 Å². The van der Waals surface area contributed by atoms with Crippen molar-refractivity contribution in [3.8, 4) is 0 Å². The molecule has 3 aromatic heterocycles. The predicted octanol–water partition coefficient (Wildman–Crippen LogP) is 1.31. The molecule has 126 valence electrons. The van der Waals surface area contributed by atoms with Crippen molar-refractivity contribution in [1.29, 1.82) is 0 Å². The van der Waals surface area contributed by atoms with Gasteiger partial charge in [0.2, 0.25) is 0 Å². The molecule has 1 aliphatic heterocycles. The summed E-state index contributed by atoms with van der Waals surface area (Å²) in [7, 11) is 0. The van der Waals surface area contributed by atoms with Crippen molar-refractivity contribution in [1.82, 2.24) is 29.6 Å². The topological polar surface area (TPSA) is 84.4 Å². The van der Waals surface area contributed by atoms with Crippen molar-refractivity contribution in [2.75, 3.05) is 18.0 Å². The van der Waals surface area contributed by atoms with Crippen LogP contribution in [0.4, 0.5) is 5.82 Å². The van der Waals surface area contributed by atoms with E-state index < -0.39 is 5.60 Å². The SMILES string of the molecule is Cc1cc2c(N3CC[C@@](O)(c4cn(C(C)C)nn4)C3)nccn2n1. The van der Waals surface area contributed by atoms with Crippen LogP contribution in [-0.2, 0) is 5.60 Å². The van der Waals surface area contributed by atoms with Gasteiger partial charge in [-0.2, -0.15) is 5.10 Å². The van der Waals surface area contributed by atoms with E-state index in [1.807, 2.05) is 43.7 Å². The van der Waals surface area contributed by atoms with Crippen LogP contribution >= 0.6 is 0 Å². The highest BCUT2D eigenvalue weighted by Crippen LogP contribution is 2.34. The van der Waals surface area contributed by atoms with Gasteiger partial charge in [0.15, 0.2) is 5.82 Å². The first-order valence-corrected chi connectivity index (χ1v) is 8.17. The van der Waals surface area contributed by atoms with E-state index in [4.69, 9.17) is 0 Å². The minimum absolute atomic E-state index is 0.220. The fourth-order valence-corrected chi connectivity index (χ4v) is 3.20. The number of aryl methyl sites for hydroxylation is 1. The second-order valence-electron chi connectivity index (χ2n) is 6.75. The molecule has 3 aromatic rings. The molecule has 0 bridgehead atoms. The van der Waals surface area contributed by atoms with Gasteiger partial charge in [-0.05, 0) is 26.8 Å². The third kappa shape index (κ3) is 2.34. The Balaban J connectivity index is 1.65. The molecule has 1 atom stereocenters. The van der Waals surface area contributed by atoms with Gasteiger partial charge in [-0.15, -0.1) is 5.10 Å². The second-order valence-corrected chi connectivity index (χ2v) is 6.75. The highest BCUT2D eigenvalue weighted by molar-refractivity contribution is 5.69. The number of rotatable bonds is 3. The van der Waals surface area contributed by atoms with Gasteiger partial charge in [0.05, 0.1) is 18.4 Å². The number of fused-ring (bicyclic) bond motifs is 1. The van der Waals surface area contributed by atoms with E-state index in [0.29, 0.717) is 25.2 Å². The zero-order chi connectivity index (χ0) is 16.9. The fraction of sp³-hybridized carbons (Fsp3) is 0.500. The van der Waals surface area contributed by atoms with E-state index in [1.165, 1.54) is 0 Å².